The molecule has 2 aromatic carbocycles. The van der Waals surface area contributed by atoms with Gasteiger partial charge < -0.3 is 10.1 Å². The van der Waals surface area contributed by atoms with E-state index < -0.39 is 6.10 Å². The molecule has 0 bridgehead atoms. The highest BCUT2D eigenvalue weighted by Crippen LogP contribution is 2.33. The zero-order valence-electron chi connectivity index (χ0n) is 13.9. The first-order valence-electron chi connectivity index (χ1n) is 8.20. The van der Waals surface area contributed by atoms with Crippen molar-refractivity contribution in [3.63, 3.8) is 0 Å². The summed E-state index contributed by atoms with van der Waals surface area (Å²) in [5.41, 5.74) is 2.42. The topological polar surface area (TPSA) is 55.4 Å². The molecule has 0 spiro atoms. The summed E-state index contributed by atoms with van der Waals surface area (Å²) in [5, 5.41) is 3.08. The van der Waals surface area contributed by atoms with Crippen LogP contribution in [0.4, 0.5) is 0 Å². The van der Waals surface area contributed by atoms with Crippen molar-refractivity contribution in [2.75, 3.05) is 0 Å². The van der Waals surface area contributed by atoms with Crippen molar-refractivity contribution in [1.29, 1.82) is 0 Å². The van der Waals surface area contributed by atoms with Gasteiger partial charge in [0.2, 0.25) is 5.91 Å². The lowest BCUT2D eigenvalue weighted by molar-refractivity contribution is -0.124. The van der Waals surface area contributed by atoms with Crippen molar-refractivity contribution in [2.24, 2.45) is 5.92 Å². The van der Waals surface area contributed by atoms with E-state index in [9.17, 15) is 9.59 Å². The van der Waals surface area contributed by atoms with E-state index in [1.165, 1.54) is 0 Å². The molecular weight excluding hydrogens is 302 g/mol. The average molecular weight is 323 g/mol. The molecule has 24 heavy (non-hydrogen) atoms. The van der Waals surface area contributed by atoms with E-state index >= 15 is 0 Å². The number of esters is 1. The summed E-state index contributed by atoms with van der Waals surface area (Å²) in [4.78, 5) is 24.4. The third kappa shape index (κ3) is 3.32. The highest BCUT2D eigenvalue weighted by molar-refractivity contribution is 5.94. The number of carbonyl (C=O) groups excluding carboxylic acids is 2. The van der Waals surface area contributed by atoms with Gasteiger partial charge in [-0.2, -0.15) is 0 Å². The predicted octanol–water partition coefficient (Wildman–Crippen LogP) is 3.80. The van der Waals surface area contributed by atoms with Gasteiger partial charge in [0.05, 0.1) is 18.0 Å². The summed E-state index contributed by atoms with van der Waals surface area (Å²) >= 11 is 0. The first-order chi connectivity index (χ1) is 11.6. The van der Waals surface area contributed by atoms with Gasteiger partial charge in [0.25, 0.3) is 0 Å². The molecule has 0 saturated heterocycles. The van der Waals surface area contributed by atoms with Crippen LogP contribution in [0.1, 0.15) is 53.9 Å². The van der Waals surface area contributed by atoms with Crippen molar-refractivity contribution < 1.29 is 14.3 Å². The van der Waals surface area contributed by atoms with Gasteiger partial charge in [-0.05, 0) is 17.5 Å². The van der Waals surface area contributed by atoms with Crippen molar-refractivity contribution in [3.8, 4) is 0 Å². The number of ether oxygens (including phenoxy) is 1. The number of rotatable bonds is 5. The Labute approximate surface area is 141 Å². The number of hydrogen-bond acceptors (Lipinski definition) is 3. The van der Waals surface area contributed by atoms with Crippen LogP contribution in [0.15, 0.2) is 54.6 Å². The van der Waals surface area contributed by atoms with Crippen LogP contribution in [-0.4, -0.2) is 11.9 Å². The van der Waals surface area contributed by atoms with Crippen molar-refractivity contribution in [3.05, 3.63) is 71.3 Å². The third-order valence-corrected chi connectivity index (χ3v) is 4.29. The first kappa shape index (κ1) is 16.2. The molecule has 0 radical (unpaired) electrons. The third-order valence-electron chi connectivity index (χ3n) is 4.29. The van der Waals surface area contributed by atoms with E-state index in [4.69, 9.17) is 4.74 Å². The summed E-state index contributed by atoms with van der Waals surface area (Å²) in [6.45, 7) is 4.14. The molecule has 124 valence electrons. The molecule has 2 atom stereocenters. The summed E-state index contributed by atoms with van der Waals surface area (Å²) < 4.78 is 5.35. The Hall–Kier alpha value is -2.62. The molecule has 3 rings (SSSR count). The SMILES string of the molecule is CC(C)[C@@H](NC(=O)C[C@H]1OC(=O)c2ccccc21)c1ccccc1. The maximum Gasteiger partial charge on any atom is 0.339 e. The highest BCUT2D eigenvalue weighted by Gasteiger charge is 2.32. The lowest BCUT2D eigenvalue weighted by atomic mass is 9.95. The van der Waals surface area contributed by atoms with Gasteiger partial charge in [-0.15, -0.1) is 0 Å². The molecule has 4 heteroatoms. The van der Waals surface area contributed by atoms with Crippen LogP contribution in [-0.2, 0) is 9.53 Å². The average Bonchev–Trinajstić information content (AvgIpc) is 2.89. The van der Waals surface area contributed by atoms with E-state index in [1.54, 1.807) is 12.1 Å². The monoisotopic (exact) mass is 323 g/mol. The second kappa shape index (κ2) is 6.87. The van der Waals surface area contributed by atoms with Crippen LogP contribution in [0, 0.1) is 5.92 Å². The predicted molar refractivity (Wildman–Crippen MR) is 91.4 cm³/mol. The summed E-state index contributed by atoms with van der Waals surface area (Å²) in [5.74, 6) is -0.214. The van der Waals surface area contributed by atoms with Crippen molar-refractivity contribution >= 4 is 11.9 Å². The number of fused-ring (bicyclic) bond motifs is 1. The Balaban J connectivity index is 1.70. The van der Waals surface area contributed by atoms with Gasteiger partial charge in [-0.25, -0.2) is 4.79 Å². The molecule has 2 aromatic rings. The van der Waals surface area contributed by atoms with Crippen LogP contribution in [0.25, 0.3) is 0 Å². The Bertz CT molecular complexity index is 740. The quantitative estimate of drug-likeness (QED) is 0.852. The number of nitrogens with one attached hydrogen (secondary N) is 1. The fourth-order valence-electron chi connectivity index (χ4n) is 3.07. The molecule has 1 heterocycles. The zero-order chi connectivity index (χ0) is 17.1. The maximum atomic E-state index is 12.5. The fourth-order valence-corrected chi connectivity index (χ4v) is 3.07. The lowest BCUT2D eigenvalue weighted by Gasteiger charge is -2.23. The minimum absolute atomic E-state index is 0.0638. The Morgan fingerprint density at radius 1 is 1.08 bits per heavy atom. The van der Waals surface area contributed by atoms with E-state index in [0.29, 0.717) is 5.56 Å². The van der Waals surface area contributed by atoms with Crippen LogP contribution < -0.4 is 5.32 Å². The zero-order valence-corrected chi connectivity index (χ0v) is 13.9. The van der Waals surface area contributed by atoms with Crippen LogP contribution in [0.5, 0.6) is 0 Å². The minimum atomic E-state index is -0.503. The van der Waals surface area contributed by atoms with Crippen molar-refractivity contribution in [2.45, 2.75) is 32.4 Å². The normalized spacial score (nSPS) is 17.3. The molecule has 1 aliphatic heterocycles. The number of amides is 1. The fraction of sp³-hybridized carbons (Fsp3) is 0.300. The highest BCUT2D eigenvalue weighted by atomic mass is 16.5. The Morgan fingerprint density at radius 3 is 2.46 bits per heavy atom. The molecule has 1 N–H and O–H groups in total. The van der Waals surface area contributed by atoms with Gasteiger partial charge in [-0.3, -0.25) is 4.79 Å². The molecule has 0 aromatic heterocycles. The molecule has 1 aliphatic rings. The molecule has 0 unspecified atom stereocenters. The lowest BCUT2D eigenvalue weighted by Crippen LogP contribution is -2.32. The van der Waals surface area contributed by atoms with Gasteiger partial charge in [0.1, 0.15) is 6.10 Å². The van der Waals surface area contributed by atoms with Gasteiger partial charge in [0.15, 0.2) is 0 Å². The van der Waals surface area contributed by atoms with E-state index in [2.05, 4.69) is 19.2 Å². The molecule has 0 saturated carbocycles. The van der Waals surface area contributed by atoms with Crippen LogP contribution >= 0.6 is 0 Å². The molecular formula is C20H21NO3. The van der Waals surface area contributed by atoms with E-state index in [0.717, 1.165) is 11.1 Å². The molecule has 0 aliphatic carbocycles. The van der Waals surface area contributed by atoms with Gasteiger partial charge in [0, 0.05) is 5.56 Å². The van der Waals surface area contributed by atoms with Crippen molar-refractivity contribution in [1.82, 2.24) is 5.32 Å². The number of carbonyl (C=O) groups is 2. The largest absolute Gasteiger partial charge is 0.453 e. The first-order valence-corrected chi connectivity index (χ1v) is 8.20. The summed E-state index contributed by atoms with van der Waals surface area (Å²) in [6, 6.07) is 17.1. The number of cyclic esters (lactones) is 1. The maximum absolute atomic E-state index is 12.5. The second-order valence-corrected chi connectivity index (χ2v) is 6.39. The van der Waals surface area contributed by atoms with Gasteiger partial charge >= 0.3 is 5.97 Å². The molecule has 1 amide bonds. The Morgan fingerprint density at radius 2 is 1.75 bits per heavy atom. The van der Waals surface area contributed by atoms with Crippen LogP contribution in [0.3, 0.4) is 0 Å². The van der Waals surface area contributed by atoms with E-state index in [-0.39, 0.29) is 30.3 Å². The second-order valence-electron chi connectivity index (χ2n) is 6.39. The number of benzene rings is 2. The summed E-state index contributed by atoms with van der Waals surface area (Å²) in [6.07, 6.45) is -0.365. The molecule has 0 fully saturated rings. The molecule has 4 nitrogen and oxygen atoms in total. The standard InChI is InChI=1S/C20H21NO3/c1-13(2)19(14-8-4-3-5-9-14)21-18(22)12-17-15-10-6-7-11-16(15)20(23)24-17/h3-11,13,17,19H,12H2,1-2H3,(H,21,22)/t17-,19-/m1/s1. The minimum Gasteiger partial charge on any atom is -0.453 e. The Kier molecular flexibility index (Phi) is 4.65. The van der Waals surface area contributed by atoms with E-state index in [1.807, 2.05) is 42.5 Å². The summed E-state index contributed by atoms with van der Waals surface area (Å²) in [7, 11) is 0. The van der Waals surface area contributed by atoms with Crippen LogP contribution in [0.2, 0.25) is 0 Å². The van der Waals surface area contributed by atoms with Gasteiger partial charge in [-0.1, -0.05) is 62.4 Å². The smallest absolute Gasteiger partial charge is 0.339 e. The number of hydrogen-bond donors (Lipinski definition) is 1.